The summed E-state index contributed by atoms with van der Waals surface area (Å²) in [4.78, 5) is 30.3. The molecule has 6 nitrogen and oxygen atoms in total. The summed E-state index contributed by atoms with van der Waals surface area (Å²) in [5, 5.41) is 0. The minimum Gasteiger partial charge on any atom is -0.490 e. The average Bonchev–Trinajstić information content (AvgIpc) is 2.91. The molecule has 1 heterocycles. The Labute approximate surface area is 262 Å². The van der Waals surface area contributed by atoms with E-state index in [0.29, 0.717) is 59.7 Å². The molecular weight excluding hydrogens is 613 g/mol. The summed E-state index contributed by atoms with van der Waals surface area (Å²) in [6.07, 6.45) is 2.30. The van der Waals surface area contributed by atoms with Crippen molar-refractivity contribution < 1.29 is 28.2 Å². The molecule has 0 aromatic heterocycles. The molecule has 0 atom stereocenters. The lowest BCUT2D eigenvalue weighted by molar-refractivity contribution is -0.119. The van der Waals surface area contributed by atoms with Crippen LogP contribution in [-0.4, -0.2) is 43.3 Å². The van der Waals surface area contributed by atoms with Crippen molar-refractivity contribution in [1.82, 2.24) is 4.90 Å². The first-order chi connectivity index (χ1) is 20.3. The smallest absolute Gasteiger partial charge is 0.175 e. The minimum atomic E-state index is -0.502. The molecule has 8 heteroatoms. The van der Waals surface area contributed by atoms with E-state index in [-0.39, 0.29) is 34.8 Å². The van der Waals surface area contributed by atoms with Crippen molar-refractivity contribution in [3.05, 3.63) is 80.4 Å². The van der Waals surface area contributed by atoms with Gasteiger partial charge in [0.15, 0.2) is 23.1 Å². The molecule has 5 rings (SSSR count). The lowest BCUT2D eigenvalue weighted by atomic mass is 9.63. The van der Waals surface area contributed by atoms with E-state index in [9.17, 15) is 14.0 Å². The van der Waals surface area contributed by atoms with Crippen molar-refractivity contribution in [2.24, 2.45) is 10.8 Å². The van der Waals surface area contributed by atoms with Gasteiger partial charge in [-0.05, 0) is 81.9 Å². The Hall–Kier alpha value is -2.97. The van der Waals surface area contributed by atoms with E-state index >= 15 is 0 Å². The van der Waals surface area contributed by atoms with Crippen LogP contribution in [0.1, 0.15) is 77.3 Å². The molecule has 230 valence electrons. The highest BCUT2D eigenvalue weighted by Gasteiger charge is 2.49. The van der Waals surface area contributed by atoms with Gasteiger partial charge in [0, 0.05) is 55.0 Å². The highest BCUT2D eigenvalue weighted by molar-refractivity contribution is 9.10. The second kappa shape index (κ2) is 12.2. The highest BCUT2D eigenvalue weighted by atomic mass is 79.9. The second-order valence-corrected chi connectivity index (χ2v) is 14.2. The highest BCUT2D eigenvalue weighted by Crippen LogP contribution is 2.55. The fourth-order valence-electron chi connectivity index (χ4n) is 6.73. The van der Waals surface area contributed by atoms with Gasteiger partial charge in [-0.2, -0.15) is 0 Å². The third kappa shape index (κ3) is 6.46. The molecule has 0 bridgehead atoms. The van der Waals surface area contributed by atoms with E-state index < -0.39 is 5.92 Å². The second-order valence-electron chi connectivity index (χ2n) is 13.4. The maximum absolute atomic E-state index is 14.1. The average molecular weight is 655 g/mol. The predicted octanol–water partition coefficient (Wildman–Crippen LogP) is 7.90. The third-order valence-electron chi connectivity index (χ3n) is 8.50. The van der Waals surface area contributed by atoms with Crippen LogP contribution >= 0.6 is 15.9 Å². The van der Waals surface area contributed by atoms with Crippen molar-refractivity contribution in [3.8, 4) is 11.5 Å². The summed E-state index contributed by atoms with van der Waals surface area (Å²) in [5.74, 6) is 0.385. The number of nitrogens with zero attached hydrogens (tertiary/aromatic N) is 1. The number of hydrogen-bond donors (Lipinski definition) is 0. The fraction of sp³-hybridized carbons (Fsp3) is 0.486. The first-order valence-electron chi connectivity index (χ1n) is 15.0. The van der Waals surface area contributed by atoms with Crippen molar-refractivity contribution >= 4 is 27.5 Å². The number of hydrogen-bond acceptors (Lipinski definition) is 6. The Morgan fingerprint density at radius 2 is 1.49 bits per heavy atom. The summed E-state index contributed by atoms with van der Waals surface area (Å²) >= 11 is 3.71. The molecule has 0 amide bonds. The molecule has 0 unspecified atom stereocenters. The lowest BCUT2D eigenvalue weighted by Gasteiger charge is -2.49. The number of ether oxygens (including phenoxy) is 3. The van der Waals surface area contributed by atoms with Gasteiger partial charge in [0.25, 0.3) is 0 Å². The zero-order valence-electron chi connectivity index (χ0n) is 25.9. The third-order valence-corrected chi connectivity index (χ3v) is 9.09. The first-order valence-corrected chi connectivity index (χ1v) is 15.8. The van der Waals surface area contributed by atoms with Crippen LogP contribution in [0.15, 0.2) is 63.4 Å². The Bertz CT molecular complexity index is 1440. The standard InChI is InChI=1S/C35H41BrFNO5/c1-7-42-29-15-22(14-24(36)33(29)43-20-21-8-10-23(37)11-9-21)30-31-25(16-34(2,3)18-27(31)39)38(12-13-41-6)26-17-35(4,5)19-28(40)32(26)30/h8-11,14-15,30H,7,12-13,16-20H2,1-6H3. The lowest BCUT2D eigenvalue weighted by Crippen LogP contribution is -2.45. The summed E-state index contributed by atoms with van der Waals surface area (Å²) in [5.41, 5.74) is 4.64. The zero-order valence-corrected chi connectivity index (χ0v) is 27.5. The van der Waals surface area contributed by atoms with Crippen LogP contribution in [0.2, 0.25) is 0 Å². The molecule has 0 spiro atoms. The number of allylic oxidation sites excluding steroid dienone is 4. The van der Waals surface area contributed by atoms with Gasteiger partial charge in [-0.15, -0.1) is 0 Å². The van der Waals surface area contributed by atoms with E-state index in [1.54, 1.807) is 19.2 Å². The van der Waals surface area contributed by atoms with Crippen LogP contribution in [-0.2, 0) is 20.9 Å². The van der Waals surface area contributed by atoms with Gasteiger partial charge < -0.3 is 19.1 Å². The van der Waals surface area contributed by atoms with Crippen molar-refractivity contribution in [3.63, 3.8) is 0 Å². The molecule has 0 radical (unpaired) electrons. The molecule has 2 aromatic rings. The largest absolute Gasteiger partial charge is 0.490 e. The van der Waals surface area contributed by atoms with Crippen LogP contribution in [0.25, 0.3) is 0 Å². The predicted molar refractivity (Wildman–Crippen MR) is 167 cm³/mol. The van der Waals surface area contributed by atoms with Gasteiger partial charge in [-0.25, -0.2) is 4.39 Å². The topological polar surface area (TPSA) is 65.1 Å². The molecule has 0 fully saturated rings. The first kappa shape index (κ1) is 31.5. The number of Topliss-reactive ketones (excluding diaryl/α,β-unsaturated/α-hetero) is 2. The number of methoxy groups -OCH3 is 1. The molecule has 3 aliphatic rings. The normalized spacial score (nSPS) is 19.9. The van der Waals surface area contributed by atoms with E-state index in [0.717, 1.165) is 35.4 Å². The van der Waals surface area contributed by atoms with Gasteiger partial charge in [-0.1, -0.05) is 39.8 Å². The Kier molecular flexibility index (Phi) is 8.92. The maximum Gasteiger partial charge on any atom is 0.175 e. The SMILES string of the molecule is CCOc1cc(C2C3=C(CC(C)(C)CC3=O)N(CCOC)C3=C2C(=O)CC(C)(C)C3)cc(Br)c1OCc1ccc(F)cc1. The molecular formula is C35H41BrFNO5. The monoisotopic (exact) mass is 653 g/mol. The zero-order chi connectivity index (χ0) is 31.1. The van der Waals surface area contributed by atoms with Crippen LogP contribution < -0.4 is 9.47 Å². The summed E-state index contributed by atoms with van der Waals surface area (Å²) < 4.78 is 31.8. The molecule has 0 saturated heterocycles. The van der Waals surface area contributed by atoms with Crippen molar-refractivity contribution in [2.75, 3.05) is 26.9 Å². The van der Waals surface area contributed by atoms with Gasteiger partial charge in [0.2, 0.25) is 0 Å². The Morgan fingerprint density at radius 3 is 2.02 bits per heavy atom. The van der Waals surface area contributed by atoms with Gasteiger partial charge in [0.1, 0.15) is 12.4 Å². The fourth-order valence-corrected chi connectivity index (χ4v) is 7.30. The van der Waals surface area contributed by atoms with Crippen LogP contribution in [0, 0.1) is 16.6 Å². The van der Waals surface area contributed by atoms with Crippen LogP contribution in [0.3, 0.4) is 0 Å². The van der Waals surface area contributed by atoms with Gasteiger partial charge in [0.05, 0.1) is 17.7 Å². The summed E-state index contributed by atoms with van der Waals surface area (Å²) in [6, 6.07) is 10.0. The summed E-state index contributed by atoms with van der Waals surface area (Å²) in [7, 11) is 1.68. The number of benzene rings is 2. The number of rotatable bonds is 9. The van der Waals surface area contributed by atoms with E-state index in [1.165, 1.54) is 12.1 Å². The molecule has 2 aromatic carbocycles. The number of halogens is 2. The van der Waals surface area contributed by atoms with Crippen molar-refractivity contribution in [1.29, 1.82) is 0 Å². The number of carbonyl (C=O) groups is 2. The van der Waals surface area contributed by atoms with E-state index in [4.69, 9.17) is 14.2 Å². The molecule has 1 aliphatic heterocycles. The quantitative estimate of drug-likeness (QED) is 0.274. The van der Waals surface area contributed by atoms with Gasteiger partial charge in [-0.3, -0.25) is 9.59 Å². The van der Waals surface area contributed by atoms with E-state index in [2.05, 4.69) is 48.5 Å². The maximum atomic E-state index is 14.1. The Balaban J connectivity index is 1.66. The van der Waals surface area contributed by atoms with Crippen LogP contribution in [0.5, 0.6) is 11.5 Å². The molecule has 0 N–H and O–H groups in total. The van der Waals surface area contributed by atoms with Crippen molar-refractivity contribution in [2.45, 2.75) is 72.8 Å². The molecule has 43 heavy (non-hydrogen) atoms. The molecule has 2 aliphatic carbocycles. The van der Waals surface area contributed by atoms with Gasteiger partial charge >= 0.3 is 0 Å². The Morgan fingerprint density at radius 1 is 0.907 bits per heavy atom. The minimum absolute atomic E-state index is 0.0774. The molecule has 0 saturated carbocycles. The van der Waals surface area contributed by atoms with E-state index in [1.807, 2.05) is 19.1 Å². The summed E-state index contributed by atoms with van der Waals surface area (Å²) in [6.45, 7) is 12.1. The number of carbonyl (C=O) groups excluding carboxylic acids is 2. The number of ketones is 2. The van der Waals surface area contributed by atoms with Crippen LogP contribution in [0.4, 0.5) is 4.39 Å².